The van der Waals surface area contributed by atoms with E-state index in [-0.39, 0.29) is 12.6 Å². The summed E-state index contributed by atoms with van der Waals surface area (Å²) in [4.78, 5) is 12.1. The maximum absolute atomic E-state index is 12.1. The van der Waals surface area contributed by atoms with Crippen LogP contribution < -0.4 is 4.74 Å². The van der Waals surface area contributed by atoms with Crippen LogP contribution in [0.2, 0.25) is 0 Å². The monoisotopic (exact) mass is 284 g/mol. The second-order valence-corrected chi connectivity index (χ2v) is 5.01. The fraction of sp³-hybridized carbons (Fsp3) is 0.278. The van der Waals surface area contributed by atoms with Crippen molar-refractivity contribution in [3.8, 4) is 5.75 Å². The summed E-state index contributed by atoms with van der Waals surface area (Å²) in [5.41, 5.74) is 3.05. The lowest BCUT2D eigenvalue weighted by atomic mass is 9.95. The van der Waals surface area contributed by atoms with Crippen LogP contribution in [0.25, 0.3) is 0 Å². The summed E-state index contributed by atoms with van der Waals surface area (Å²) < 4.78 is 10.8. The molecule has 3 heteroatoms. The van der Waals surface area contributed by atoms with Gasteiger partial charge in [0.1, 0.15) is 18.3 Å². The second kappa shape index (κ2) is 6.93. The van der Waals surface area contributed by atoms with Crippen LogP contribution in [0.4, 0.5) is 0 Å². The van der Waals surface area contributed by atoms with Crippen LogP contribution in [0.3, 0.4) is 0 Å². The number of carbonyl (C=O) groups is 1. The van der Waals surface area contributed by atoms with Gasteiger partial charge in [-0.05, 0) is 36.6 Å². The molecule has 0 aliphatic carbocycles. The van der Waals surface area contributed by atoms with Crippen molar-refractivity contribution in [2.75, 3.05) is 13.7 Å². The lowest BCUT2D eigenvalue weighted by Gasteiger charge is -2.18. The standard InChI is InChI=1S/C18H20O3/c1-13-8-4-6-10-15(13)16(18(19)20-3)12-21-17-11-7-5-9-14(17)2/h4-11,16H,12H2,1-3H3. The summed E-state index contributed by atoms with van der Waals surface area (Å²) in [6, 6.07) is 15.6. The number of esters is 1. The number of rotatable bonds is 5. The molecule has 3 nitrogen and oxygen atoms in total. The molecule has 0 bridgehead atoms. The van der Waals surface area contributed by atoms with Crippen LogP contribution in [0.15, 0.2) is 48.5 Å². The molecule has 1 atom stereocenters. The second-order valence-electron chi connectivity index (χ2n) is 5.01. The highest BCUT2D eigenvalue weighted by atomic mass is 16.5. The van der Waals surface area contributed by atoms with Gasteiger partial charge in [-0.15, -0.1) is 0 Å². The Morgan fingerprint density at radius 2 is 1.62 bits per heavy atom. The van der Waals surface area contributed by atoms with Crippen molar-refractivity contribution in [2.45, 2.75) is 19.8 Å². The fourth-order valence-corrected chi connectivity index (χ4v) is 2.30. The Morgan fingerprint density at radius 1 is 1.00 bits per heavy atom. The highest BCUT2D eigenvalue weighted by Gasteiger charge is 2.24. The van der Waals surface area contributed by atoms with Crippen molar-refractivity contribution >= 4 is 5.97 Å². The van der Waals surface area contributed by atoms with Gasteiger partial charge in [-0.25, -0.2) is 0 Å². The Morgan fingerprint density at radius 3 is 2.24 bits per heavy atom. The SMILES string of the molecule is COC(=O)C(COc1ccccc1C)c1ccccc1C. The minimum atomic E-state index is -0.421. The summed E-state index contributed by atoms with van der Waals surface area (Å²) in [6.07, 6.45) is 0. The minimum absolute atomic E-state index is 0.266. The molecule has 110 valence electrons. The maximum atomic E-state index is 12.1. The quantitative estimate of drug-likeness (QED) is 0.786. The average Bonchev–Trinajstić information content (AvgIpc) is 2.50. The van der Waals surface area contributed by atoms with Gasteiger partial charge in [0.25, 0.3) is 0 Å². The van der Waals surface area contributed by atoms with Crippen molar-refractivity contribution in [1.82, 2.24) is 0 Å². The summed E-state index contributed by atoms with van der Waals surface area (Å²) in [6.45, 7) is 4.23. The zero-order valence-corrected chi connectivity index (χ0v) is 12.6. The molecular weight excluding hydrogens is 264 g/mol. The highest BCUT2D eigenvalue weighted by molar-refractivity contribution is 5.78. The molecule has 0 spiro atoms. The summed E-state index contributed by atoms with van der Waals surface area (Å²) in [5, 5.41) is 0. The van der Waals surface area contributed by atoms with Crippen LogP contribution in [0.1, 0.15) is 22.6 Å². The van der Waals surface area contributed by atoms with Crippen LogP contribution in [-0.2, 0) is 9.53 Å². The van der Waals surface area contributed by atoms with E-state index in [0.717, 1.165) is 22.4 Å². The van der Waals surface area contributed by atoms with Gasteiger partial charge in [-0.2, -0.15) is 0 Å². The normalized spacial score (nSPS) is 11.8. The van der Waals surface area contributed by atoms with Gasteiger partial charge in [-0.1, -0.05) is 42.5 Å². The smallest absolute Gasteiger partial charge is 0.316 e. The minimum Gasteiger partial charge on any atom is -0.492 e. The van der Waals surface area contributed by atoms with Crippen LogP contribution >= 0.6 is 0 Å². The third-order valence-corrected chi connectivity index (χ3v) is 3.55. The number of hydrogen-bond acceptors (Lipinski definition) is 3. The van der Waals surface area contributed by atoms with Crippen molar-refractivity contribution in [3.05, 3.63) is 65.2 Å². The molecule has 0 saturated carbocycles. The number of carbonyl (C=O) groups excluding carboxylic acids is 1. The number of para-hydroxylation sites is 1. The Labute approximate surface area is 125 Å². The highest BCUT2D eigenvalue weighted by Crippen LogP contribution is 2.24. The molecule has 0 aliphatic heterocycles. The first-order chi connectivity index (χ1) is 10.1. The zero-order valence-electron chi connectivity index (χ0n) is 12.6. The van der Waals surface area contributed by atoms with E-state index in [0.29, 0.717) is 0 Å². The third-order valence-electron chi connectivity index (χ3n) is 3.55. The Bertz CT molecular complexity index is 619. The Hall–Kier alpha value is -2.29. The molecule has 21 heavy (non-hydrogen) atoms. The number of ether oxygens (including phenoxy) is 2. The lowest BCUT2D eigenvalue weighted by molar-refractivity contribution is -0.143. The molecular formula is C18H20O3. The Balaban J connectivity index is 2.21. The van der Waals surface area contributed by atoms with Gasteiger partial charge in [-0.3, -0.25) is 4.79 Å². The number of benzene rings is 2. The predicted molar refractivity (Wildman–Crippen MR) is 82.6 cm³/mol. The molecule has 2 aromatic rings. The molecule has 0 radical (unpaired) electrons. The zero-order chi connectivity index (χ0) is 15.2. The van der Waals surface area contributed by atoms with Gasteiger partial charge in [0.05, 0.1) is 7.11 Å². The summed E-state index contributed by atoms with van der Waals surface area (Å²) >= 11 is 0. The van der Waals surface area contributed by atoms with Gasteiger partial charge in [0.2, 0.25) is 0 Å². The van der Waals surface area contributed by atoms with Crippen LogP contribution in [0, 0.1) is 13.8 Å². The number of hydrogen-bond donors (Lipinski definition) is 0. The van der Waals surface area contributed by atoms with E-state index in [9.17, 15) is 4.79 Å². The molecule has 0 aliphatic rings. The average molecular weight is 284 g/mol. The molecule has 0 saturated heterocycles. The number of aryl methyl sites for hydroxylation is 2. The van der Waals surface area contributed by atoms with Crippen LogP contribution in [-0.4, -0.2) is 19.7 Å². The topological polar surface area (TPSA) is 35.5 Å². The van der Waals surface area contributed by atoms with E-state index in [4.69, 9.17) is 9.47 Å². The molecule has 2 aromatic carbocycles. The first-order valence-corrected chi connectivity index (χ1v) is 6.95. The van der Waals surface area contributed by atoms with E-state index >= 15 is 0 Å². The van der Waals surface area contributed by atoms with Crippen LogP contribution in [0.5, 0.6) is 5.75 Å². The molecule has 0 heterocycles. The molecule has 1 unspecified atom stereocenters. The third kappa shape index (κ3) is 3.63. The first kappa shape index (κ1) is 15.1. The van der Waals surface area contributed by atoms with E-state index in [2.05, 4.69) is 0 Å². The lowest BCUT2D eigenvalue weighted by Crippen LogP contribution is -2.22. The first-order valence-electron chi connectivity index (χ1n) is 6.95. The van der Waals surface area contributed by atoms with Gasteiger partial charge >= 0.3 is 5.97 Å². The van der Waals surface area contributed by atoms with Gasteiger partial charge in [0.15, 0.2) is 0 Å². The van der Waals surface area contributed by atoms with Crippen molar-refractivity contribution in [1.29, 1.82) is 0 Å². The van der Waals surface area contributed by atoms with Crippen molar-refractivity contribution in [2.24, 2.45) is 0 Å². The van der Waals surface area contributed by atoms with E-state index in [1.807, 2.05) is 62.4 Å². The summed E-state index contributed by atoms with van der Waals surface area (Å²) in [7, 11) is 1.40. The maximum Gasteiger partial charge on any atom is 0.316 e. The molecule has 0 N–H and O–H groups in total. The van der Waals surface area contributed by atoms with Crippen molar-refractivity contribution < 1.29 is 14.3 Å². The van der Waals surface area contributed by atoms with Gasteiger partial charge < -0.3 is 9.47 Å². The molecule has 0 fully saturated rings. The molecule has 2 rings (SSSR count). The fourth-order valence-electron chi connectivity index (χ4n) is 2.30. The van der Waals surface area contributed by atoms with E-state index in [1.165, 1.54) is 7.11 Å². The van der Waals surface area contributed by atoms with Gasteiger partial charge in [0, 0.05) is 0 Å². The molecule has 0 aromatic heterocycles. The summed E-state index contributed by atoms with van der Waals surface area (Å²) in [5.74, 6) is 0.0914. The van der Waals surface area contributed by atoms with Crippen molar-refractivity contribution in [3.63, 3.8) is 0 Å². The molecule has 0 amide bonds. The largest absolute Gasteiger partial charge is 0.492 e. The van der Waals surface area contributed by atoms with E-state index < -0.39 is 5.92 Å². The number of methoxy groups -OCH3 is 1. The Kier molecular flexibility index (Phi) is 4.99. The predicted octanol–water partition coefficient (Wildman–Crippen LogP) is 3.64. The van der Waals surface area contributed by atoms with E-state index in [1.54, 1.807) is 0 Å².